The summed E-state index contributed by atoms with van der Waals surface area (Å²) in [6, 6.07) is -0.318. The first-order valence-electron chi connectivity index (χ1n) is 7.40. The molecule has 0 bridgehead atoms. The molecule has 1 aliphatic carbocycles. The molecule has 1 saturated heterocycles. The zero-order valence-electron chi connectivity index (χ0n) is 11.5. The maximum Gasteiger partial charge on any atom is 0.242 e. The van der Waals surface area contributed by atoms with Gasteiger partial charge in [0.1, 0.15) is 6.04 Å². The van der Waals surface area contributed by atoms with Crippen molar-refractivity contribution in [2.24, 2.45) is 5.92 Å². The third-order valence-electron chi connectivity index (χ3n) is 3.93. The first-order valence-corrected chi connectivity index (χ1v) is 8.56. The van der Waals surface area contributed by atoms with Crippen molar-refractivity contribution in [1.29, 1.82) is 0 Å². The van der Waals surface area contributed by atoms with Gasteiger partial charge in [-0.25, -0.2) is 0 Å². The Balaban J connectivity index is 1.63. The van der Waals surface area contributed by atoms with Gasteiger partial charge < -0.3 is 10.6 Å². The minimum atomic E-state index is -0.318. The predicted molar refractivity (Wildman–Crippen MR) is 78.1 cm³/mol. The molecule has 4 nitrogen and oxygen atoms in total. The van der Waals surface area contributed by atoms with Crippen LogP contribution >= 0.6 is 11.8 Å². The highest BCUT2D eigenvalue weighted by molar-refractivity contribution is 7.99. The monoisotopic (exact) mass is 284 g/mol. The van der Waals surface area contributed by atoms with Gasteiger partial charge in [-0.3, -0.25) is 9.59 Å². The van der Waals surface area contributed by atoms with Crippen LogP contribution in [0.4, 0.5) is 0 Å². The summed E-state index contributed by atoms with van der Waals surface area (Å²) in [7, 11) is 0. The summed E-state index contributed by atoms with van der Waals surface area (Å²) in [5.74, 6) is 2.36. The standard InChI is InChI=1S/C14H24N2O2S/c17-13(10-19-9-11-5-1-2-6-11)16-12-7-3-4-8-15-14(12)18/h11-12H,1-10H2,(H,15,18)(H,16,17)/t12-/m0/s1. The van der Waals surface area contributed by atoms with Gasteiger partial charge in [0, 0.05) is 6.54 Å². The zero-order chi connectivity index (χ0) is 13.5. The molecular formula is C14H24N2O2S. The fourth-order valence-corrected chi connectivity index (χ4v) is 3.86. The Morgan fingerprint density at radius 2 is 1.95 bits per heavy atom. The van der Waals surface area contributed by atoms with Crippen LogP contribution in [-0.2, 0) is 9.59 Å². The van der Waals surface area contributed by atoms with Crippen molar-refractivity contribution in [3.63, 3.8) is 0 Å². The Bertz CT molecular complexity index is 317. The molecular weight excluding hydrogens is 260 g/mol. The molecule has 2 fully saturated rings. The van der Waals surface area contributed by atoms with Crippen molar-refractivity contribution in [3.05, 3.63) is 0 Å². The molecule has 0 unspecified atom stereocenters. The Morgan fingerprint density at radius 1 is 1.21 bits per heavy atom. The molecule has 0 aromatic rings. The Hall–Kier alpha value is -0.710. The quantitative estimate of drug-likeness (QED) is 0.808. The van der Waals surface area contributed by atoms with E-state index in [1.165, 1.54) is 25.7 Å². The van der Waals surface area contributed by atoms with E-state index in [0.29, 0.717) is 5.75 Å². The van der Waals surface area contributed by atoms with E-state index in [9.17, 15) is 9.59 Å². The van der Waals surface area contributed by atoms with Crippen LogP contribution in [0.25, 0.3) is 0 Å². The van der Waals surface area contributed by atoms with Gasteiger partial charge in [-0.1, -0.05) is 12.8 Å². The minimum Gasteiger partial charge on any atom is -0.354 e. The average Bonchev–Trinajstić information content (AvgIpc) is 2.82. The van der Waals surface area contributed by atoms with Gasteiger partial charge >= 0.3 is 0 Å². The topological polar surface area (TPSA) is 58.2 Å². The van der Waals surface area contributed by atoms with Gasteiger partial charge in [0.2, 0.25) is 11.8 Å². The molecule has 0 aromatic carbocycles. The lowest BCUT2D eigenvalue weighted by atomic mass is 10.1. The molecule has 2 rings (SSSR count). The number of nitrogens with one attached hydrogen (secondary N) is 2. The maximum atomic E-state index is 11.8. The van der Waals surface area contributed by atoms with Gasteiger partial charge in [-0.15, -0.1) is 0 Å². The van der Waals surface area contributed by atoms with E-state index < -0.39 is 0 Å². The third kappa shape index (κ3) is 5.05. The van der Waals surface area contributed by atoms with E-state index in [1.807, 2.05) is 0 Å². The summed E-state index contributed by atoms with van der Waals surface area (Å²) in [6.07, 6.45) is 8.11. The Kier molecular flexibility index (Phi) is 6.01. The SMILES string of the molecule is O=C(CSCC1CCCC1)N[C@H]1CCCCNC1=O. The zero-order valence-corrected chi connectivity index (χ0v) is 12.3. The molecule has 2 N–H and O–H groups in total. The molecule has 0 aromatic heterocycles. The molecule has 1 saturated carbocycles. The molecule has 0 spiro atoms. The van der Waals surface area contributed by atoms with Crippen LogP contribution in [0.1, 0.15) is 44.9 Å². The molecule has 2 amide bonds. The number of hydrogen-bond donors (Lipinski definition) is 2. The highest BCUT2D eigenvalue weighted by Crippen LogP contribution is 2.27. The average molecular weight is 284 g/mol. The van der Waals surface area contributed by atoms with Crippen LogP contribution in [0.5, 0.6) is 0 Å². The van der Waals surface area contributed by atoms with Crippen LogP contribution in [0.2, 0.25) is 0 Å². The third-order valence-corrected chi connectivity index (χ3v) is 5.11. The molecule has 5 heteroatoms. The minimum absolute atomic E-state index is 0.00467. The summed E-state index contributed by atoms with van der Waals surface area (Å²) >= 11 is 1.71. The second-order valence-corrected chi connectivity index (χ2v) is 6.60. The maximum absolute atomic E-state index is 11.8. The van der Waals surface area contributed by atoms with E-state index in [1.54, 1.807) is 11.8 Å². The van der Waals surface area contributed by atoms with Crippen molar-refractivity contribution in [1.82, 2.24) is 10.6 Å². The molecule has 19 heavy (non-hydrogen) atoms. The van der Waals surface area contributed by atoms with Crippen LogP contribution in [-0.4, -0.2) is 35.9 Å². The normalized spacial score (nSPS) is 24.8. The summed E-state index contributed by atoms with van der Waals surface area (Å²) < 4.78 is 0. The lowest BCUT2D eigenvalue weighted by Gasteiger charge is -2.15. The first-order chi connectivity index (χ1) is 9.25. The van der Waals surface area contributed by atoms with Crippen molar-refractivity contribution in [3.8, 4) is 0 Å². The van der Waals surface area contributed by atoms with Gasteiger partial charge in [0.15, 0.2) is 0 Å². The number of hydrogen-bond acceptors (Lipinski definition) is 3. The molecule has 1 atom stereocenters. The first kappa shape index (κ1) is 14.7. The molecule has 1 aliphatic heterocycles. The molecule has 108 valence electrons. The number of carbonyl (C=O) groups excluding carboxylic acids is 2. The Morgan fingerprint density at radius 3 is 2.74 bits per heavy atom. The highest BCUT2D eigenvalue weighted by atomic mass is 32.2. The van der Waals surface area contributed by atoms with Crippen molar-refractivity contribution >= 4 is 23.6 Å². The lowest BCUT2D eigenvalue weighted by molar-refractivity contribution is -0.127. The second-order valence-electron chi connectivity index (χ2n) is 5.57. The predicted octanol–water partition coefficient (Wildman–Crippen LogP) is 1.69. The van der Waals surface area contributed by atoms with Gasteiger partial charge in [0.05, 0.1) is 5.75 Å². The summed E-state index contributed by atoms with van der Waals surface area (Å²) in [5.41, 5.74) is 0. The fourth-order valence-electron chi connectivity index (χ4n) is 2.81. The number of carbonyl (C=O) groups is 2. The highest BCUT2D eigenvalue weighted by Gasteiger charge is 2.22. The van der Waals surface area contributed by atoms with Crippen LogP contribution in [0, 0.1) is 5.92 Å². The van der Waals surface area contributed by atoms with Crippen molar-refractivity contribution in [2.45, 2.75) is 51.0 Å². The number of amides is 2. The number of rotatable bonds is 5. The van der Waals surface area contributed by atoms with Gasteiger partial charge in [0.25, 0.3) is 0 Å². The summed E-state index contributed by atoms with van der Waals surface area (Å²) in [6.45, 7) is 0.738. The van der Waals surface area contributed by atoms with E-state index in [-0.39, 0.29) is 17.9 Å². The van der Waals surface area contributed by atoms with Gasteiger partial charge in [-0.05, 0) is 43.8 Å². The van der Waals surface area contributed by atoms with E-state index in [2.05, 4.69) is 10.6 Å². The Labute approximate surface area is 119 Å². The van der Waals surface area contributed by atoms with Crippen LogP contribution in [0.15, 0.2) is 0 Å². The molecule has 2 aliphatic rings. The summed E-state index contributed by atoms with van der Waals surface area (Å²) in [5, 5.41) is 5.70. The van der Waals surface area contributed by atoms with Crippen molar-refractivity contribution in [2.75, 3.05) is 18.1 Å². The smallest absolute Gasteiger partial charge is 0.242 e. The van der Waals surface area contributed by atoms with E-state index in [0.717, 1.165) is 37.5 Å². The molecule has 1 heterocycles. The van der Waals surface area contributed by atoms with Crippen LogP contribution in [0.3, 0.4) is 0 Å². The largest absolute Gasteiger partial charge is 0.354 e. The second kappa shape index (κ2) is 7.78. The lowest BCUT2D eigenvalue weighted by Crippen LogP contribution is -2.46. The van der Waals surface area contributed by atoms with E-state index in [4.69, 9.17) is 0 Å². The van der Waals surface area contributed by atoms with E-state index >= 15 is 0 Å². The fraction of sp³-hybridized carbons (Fsp3) is 0.857. The van der Waals surface area contributed by atoms with Gasteiger partial charge in [-0.2, -0.15) is 11.8 Å². The van der Waals surface area contributed by atoms with Crippen LogP contribution < -0.4 is 10.6 Å². The molecule has 0 radical (unpaired) electrons. The van der Waals surface area contributed by atoms with Crippen molar-refractivity contribution < 1.29 is 9.59 Å². The summed E-state index contributed by atoms with van der Waals surface area (Å²) in [4.78, 5) is 23.5. The number of thioether (sulfide) groups is 1.